The molecule has 0 aromatic heterocycles. The Morgan fingerprint density at radius 2 is 1.68 bits per heavy atom. The molecule has 0 spiro atoms. The second-order valence-electron chi connectivity index (χ2n) is 6.94. The summed E-state index contributed by atoms with van der Waals surface area (Å²) < 4.78 is 32.2. The van der Waals surface area contributed by atoms with Gasteiger partial charge in [0, 0.05) is 31.3 Å². The fraction of sp³-hybridized carbons (Fsp3) is 0.286. The minimum atomic E-state index is -3.70. The summed E-state index contributed by atoms with van der Waals surface area (Å²) in [5.74, 6) is -0.719. The predicted octanol–water partition coefficient (Wildman–Crippen LogP) is 1.82. The molecule has 0 saturated carbocycles. The molecule has 2 N–H and O–H groups in total. The van der Waals surface area contributed by atoms with Crippen LogP contribution in [0.5, 0.6) is 0 Å². The van der Waals surface area contributed by atoms with Gasteiger partial charge in [-0.25, -0.2) is 13.8 Å². The Kier molecular flexibility index (Phi) is 7.16. The highest BCUT2D eigenvalue weighted by atomic mass is 32.2. The normalized spacial score (nSPS) is 15.4. The van der Waals surface area contributed by atoms with E-state index in [0.29, 0.717) is 24.6 Å². The quantitative estimate of drug-likeness (QED) is 0.521. The van der Waals surface area contributed by atoms with Crippen molar-refractivity contribution in [2.24, 2.45) is 5.10 Å². The highest BCUT2D eigenvalue weighted by molar-refractivity contribution is 7.89. The van der Waals surface area contributed by atoms with E-state index in [2.05, 4.69) is 15.8 Å². The molecule has 9 nitrogen and oxygen atoms in total. The first-order valence-corrected chi connectivity index (χ1v) is 11.1. The fourth-order valence-electron chi connectivity index (χ4n) is 3.02. The lowest BCUT2D eigenvalue weighted by Crippen LogP contribution is -2.40. The Balaban J connectivity index is 1.74. The molecule has 0 atom stereocenters. The summed E-state index contributed by atoms with van der Waals surface area (Å²) in [6.07, 6.45) is 0. The van der Waals surface area contributed by atoms with E-state index in [-0.39, 0.29) is 29.5 Å². The van der Waals surface area contributed by atoms with Gasteiger partial charge < -0.3 is 10.1 Å². The van der Waals surface area contributed by atoms with Gasteiger partial charge >= 0.3 is 0 Å². The van der Waals surface area contributed by atoms with E-state index in [1.54, 1.807) is 31.2 Å². The highest BCUT2D eigenvalue weighted by Crippen LogP contribution is 2.18. The summed E-state index contributed by atoms with van der Waals surface area (Å²) in [6, 6.07) is 12.9. The lowest BCUT2D eigenvalue weighted by Gasteiger charge is -2.26. The number of morpholine rings is 1. The largest absolute Gasteiger partial charge is 0.379 e. The van der Waals surface area contributed by atoms with Gasteiger partial charge in [0.2, 0.25) is 15.9 Å². The lowest BCUT2D eigenvalue weighted by molar-refractivity contribution is -0.114. The molecule has 10 heteroatoms. The van der Waals surface area contributed by atoms with Crippen LogP contribution in [0.25, 0.3) is 0 Å². The first kappa shape index (κ1) is 22.6. The van der Waals surface area contributed by atoms with Crippen molar-refractivity contribution < 1.29 is 22.7 Å². The molecular weight excluding hydrogens is 420 g/mol. The van der Waals surface area contributed by atoms with Crippen molar-refractivity contribution in [1.82, 2.24) is 9.73 Å². The zero-order valence-electron chi connectivity index (χ0n) is 17.3. The monoisotopic (exact) mass is 444 g/mol. The van der Waals surface area contributed by atoms with Crippen molar-refractivity contribution in [3.8, 4) is 0 Å². The summed E-state index contributed by atoms with van der Waals surface area (Å²) in [6.45, 7) is 4.38. The summed E-state index contributed by atoms with van der Waals surface area (Å²) in [4.78, 5) is 23.8. The van der Waals surface area contributed by atoms with Crippen LogP contribution in [0.3, 0.4) is 0 Å². The van der Waals surface area contributed by atoms with Gasteiger partial charge in [0.25, 0.3) is 5.91 Å². The van der Waals surface area contributed by atoms with E-state index < -0.39 is 15.9 Å². The van der Waals surface area contributed by atoms with Crippen molar-refractivity contribution in [1.29, 1.82) is 0 Å². The first-order valence-electron chi connectivity index (χ1n) is 9.68. The van der Waals surface area contributed by atoms with Gasteiger partial charge in [0.15, 0.2) is 0 Å². The second-order valence-corrected chi connectivity index (χ2v) is 8.88. The molecule has 3 rings (SSSR count). The van der Waals surface area contributed by atoms with Crippen LogP contribution in [0.15, 0.2) is 58.5 Å². The molecule has 31 heavy (non-hydrogen) atoms. The molecule has 0 radical (unpaired) electrons. The number of nitrogens with zero attached hydrogens (tertiary/aromatic N) is 2. The predicted molar refractivity (Wildman–Crippen MR) is 116 cm³/mol. The standard InChI is InChI=1S/C21H24N4O5S/c1-15(17-5-3-7-19(13-17)22-16(2)26)23-24-21(27)18-6-4-8-20(14-18)31(28,29)25-9-11-30-12-10-25/h3-8,13-14H,9-12H2,1-2H3,(H,22,26)(H,24,27)/b23-15-. The lowest BCUT2D eigenvalue weighted by atomic mass is 10.1. The Morgan fingerprint density at radius 3 is 2.39 bits per heavy atom. The summed E-state index contributed by atoms with van der Waals surface area (Å²) in [5, 5.41) is 6.79. The van der Waals surface area contributed by atoms with Gasteiger partial charge in [-0.15, -0.1) is 0 Å². The number of sulfonamides is 1. The van der Waals surface area contributed by atoms with Crippen molar-refractivity contribution in [3.05, 3.63) is 59.7 Å². The van der Waals surface area contributed by atoms with E-state index in [9.17, 15) is 18.0 Å². The van der Waals surface area contributed by atoms with Crippen LogP contribution in [-0.2, 0) is 19.6 Å². The topological polar surface area (TPSA) is 117 Å². The number of rotatable bonds is 6. The second kappa shape index (κ2) is 9.82. The fourth-order valence-corrected chi connectivity index (χ4v) is 4.48. The molecule has 0 aliphatic carbocycles. The van der Waals surface area contributed by atoms with Crippen molar-refractivity contribution in [2.45, 2.75) is 18.7 Å². The zero-order chi connectivity index (χ0) is 22.4. The number of anilines is 1. The third-order valence-electron chi connectivity index (χ3n) is 4.63. The third kappa shape index (κ3) is 5.75. The molecule has 1 saturated heterocycles. The molecule has 1 aliphatic rings. The van der Waals surface area contributed by atoms with Crippen LogP contribution in [0.1, 0.15) is 29.8 Å². The molecule has 2 amide bonds. The van der Waals surface area contributed by atoms with Gasteiger partial charge in [-0.2, -0.15) is 9.41 Å². The van der Waals surface area contributed by atoms with E-state index in [0.717, 1.165) is 5.56 Å². The van der Waals surface area contributed by atoms with Crippen LogP contribution < -0.4 is 10.7 Å². The Hall–Kier alpha value is -3.08. The number of hydrazone groups is 1. The average Bonchev–Trinajstić information content (AvgIpc) is 2.77. The molecule has 2 aromatic carbocycles. The third-order valence-corrected chi connectivity index (χ3v) is 6.52. The Bertz CT molecular complexity index is 1110. The maximum absolute atomic E-state index is 12.8. The number of carbonyl (C=O) groups is 2. The van der Waals surface area contributed by atoms with Crippen molar-refractivity contribution in [2.75, 3.05) is 31.6 Å². The molecule has 164 valence electrons. The molecule has 1 fully saturated rings. The molecule has 1 aliphatic heterocycles. The summed E-state index contributed by atoms with van der Waals surface area (Å²) in [7, 11) is -3.70. The molecule has 2 aromatic rings. The minimum Gasteiger partial charge on any atom is -0.379 e. The number of amides is 2. The maximum Gasteiger partial charge on any atom is 0.271 e. The minimum absolute atomic E-state index is 0.0470. The van der Waals surface area contributed by atoms with E-state index in [1.165, 1.54) is 35.5 Å². The number of hydrogen-bond acceptors (Lipinski definition) is 6. The zero-order valence-corrected chi connectivity index (χ0v) is 18.1. The van der Waals surface area contributed by atoms with E-state index in [4.69, 9.17) is 4.74 Å². The van der Waals surface area contributed by atoms with E-state index in [1.807, 2.05) is 0 Å². The van der Waals surface area contributed by atoms with Gasteiger partial charge in [-0.3, -0.25) is 9.59 Å². The van der Waals surface area contributed by atoms with Crippen molar-refractivity contribution in [3.63, 3.8) is 0 Å². The van der Waals surface area contributed by atoms with Crippen LogP contribution in [-0.4, -0.2) is 56.6 Å². The molecule has 0 bridgehead atoms. The van der Waals surface area contributed by atoms with Crippen molar-refractivity contribution >= 4 is 33.2 Å². The molecular formula is C21H24N4O5S. The smallest absolute Gasteiger partial charge is 0.271 e. The van der Waals surface area contributed by atoms with Gasteiger partial charge in [-0.05, 0) is 42.8 Å². The number of hydrogen-bond donors (Lipinski definition) is 2. The Morgan fingerprint density at radius 1 is 1.00 bits per heavy atom. The molecule has 1 heterocycles. The number of benzene rings is 2. The Labute approximate surface area is 181 Å². The number of ether oxygens (including phenoxy) is 1. The average molecular weight is 445 g/mol. The number of carbonyl (C=O) groups excluding carboxylic acids is 2. The van der Waals surface area contributed by atoms with Gasteiger partial charge in [0.05, 0.1) is 23.8 Å². The molecule has 0 unspecified atom stereocenters. The maximum atomic E-state index is 12.8. The first-order chi connectivity index (χ1) is 14.8. The summed E-state index contributed by atoms with van der Waals surface area (Å²) in [5.41, 5.74) is 4.49. The highest BCUT2D eigenvalue weighted by Gasteiger charge is 2.26. The SMILES string of the molecule is CC(=O)Nc1cccc(/C(C)=N\NC(=O)c2cccc(S(=O)(=O)N3CCOCC3)c2)c1. The number of nitrogens with one attached hydrogen (secondary N) is 2. The van der Waals surface area contributed by atoms with Crippen LogP contribution >= 0.6 is 0 Å². The van der Waals surface area contributed by atoms with Crippen LogP contribution in [0, 0.1) is 0 Å². The van der Waals surface area contributed by atoms with Gasteiger partial charge in [-0.1, -0.05) is 18.2 Å². The van der Waals surface area contributed by atoms with E-state index >= 15 is 0 Å². The van der Waals surface area contributed by atoms with Crippen LogP contribution in [0.2, 0.25) is 0 Å². The summed E-state index contributed by atoms with van der Waals surface area (Å²) >= 11 is 0. The van der Waals surface area contributed by atoms with Crippen LogP contribution in [0.4, 0.5) is 5.69 Å². The van der Waals surface area contributed by atoms with Gasteiger partial charge in [0.1, 0.15) is 0 Å².